The van der Waals surface area contributed by atoms with Crippen molar-refractivity contribution in [2.75, 3.05) is 5.32 Å². The molecule has 18 heavy (non-hydrogen) atoms. The van der Waals surface area contributed by atoms with Crippen LogP contribution in [0.1, 0.15) is 25.8 Å². The summed E-state index contributed by atoms with van der Waals surface area (Å²) in [7, 11) is 0. The van der Waals surface area contributed by atoms with Crippen molar-refractivity contribution in [2.24, 2.45) is 0 Å². The van der Waals surface area contributed by atoms with Crippen LogP contribution in [-0.4, -0.2) is 17.9 Å². The number of amides is 2. The van der Waals surface area contributed by atoms with E-state index >= 15 is 0 Å². The van der Waals surface area contributed by atoms with E-state index in [1.54, 1.807) is 13.8 Å². The van der Waals surface area contributed by atoms with Gasteiger partial charge in [0.05, 0.1) is 0 Å². The van der Waals surface area contributed by atoms with Gasteiger partial charge in [0, 0.05) is 11.7 Å². The third kappa shape index (κ3) is 3.84. The summed E-state index contributed by atoms with van der Waals surface area (Å²) in [4.78, 5) is 23.1. The van der Waals surface area contributed by atoms with E-state index in [0.717, 1.165) is 6.42 Å². The van der Waals surface area contributed by atoms with Crippen LogP contribution in [0.15, 0.2) is 18.2 Å². The summed E-state index contributed by atoms with van der Waals surface area (Å²) in [5, 5.41) is 4.93. The van der Waals surface area contributed by atoms with Crippen LogP contribution in [0.3, 0.4) is 0 Å². The van der Waals surface area contributed by atoms with Crippen LogP contribution in [0.2, 0.25) is 0 Å². The van der Waals surface area contributed by atoms with Crippen LogP contribution in [-0.2, 0) is 9.59 Å². The first-order valence-corrected chi connectivity index (χ1v) is 5.82. The first-order chi connectivity index (χ1) is 8.43. The van der Waals surface area contributed by atoms with Gasteiger partial charge in [-0.15, -0.1) is 0 Å². The number of benzene rings is 1. The Morgan fingerprint density at radius 3 is 2.61 bits per heavy atom. The fourth-order valence-electron chi connectivity index (χ4n) is 1.30. The highest BCUT2D eigenvalue weighted by Gasteiger charge is 2.16. The van der Waals surface area contributed by atoms with Crippen LogP contribution < -0.4 is 10.6 Å². The molecule has 0 saturated heterocycles. The number of carbonyl (C=O) groups is 2. The maximum Gasteiger partial charge on any atom is 0.313 e. The Labute approximate surface area is 106 Å². The number of nitrogens with one attached hydrogen (secondary N) is 2. The van der Waals surface area contributed by atoms with E-state index in [1.165, 1.54) is 18.2 Å². The third-order valence-electron chi connectivity index (χ3n) is 2.64. The van der Waals surface area contributed by atoms with Gasteiger partial charge in [-0.05, 0) is 38.0 Å². The summed E-state index contributed by atoms with van der Waals surface area (Å²) < 4.78 is 13.0. The number of aryl methyl sites for hydroxylation is 1. The average Bonchev–Trinajstić information content (AvgIpc) is 2.33. The van der Waals surface area contributed by atoms with Crippen LogP contribution in [0.25, 0.3) is 0 Å². The molecule has 4 nitrogen and oxygen atoms in total. The fourth-order valence-corrected chi connectivity index (χ4v) is 1.30. The second-order valence-electron chi connectivity index (χ2n) is 4.20. The Morgan fingerprint density at radius 2 is 2.00 bits per heavy atom. The molecule has 0 saturated carbocycles. The zero-order chi connectivity index (χ0) is 13.7. The van der Waals surface area contributed by atoms with Crippen LogP contribution >= 0.6 is 0 Å². The van der Waals surface area contributed by atoms with E-state index in [0.29, 0.717) is 11.3 Å². The van der Waals surface area contributed by atoms with Crippen molar-refractivity contribution >= 4 is 17.5 Å². The Morgan fingerprint density at radius 1 is 1.33 bits per heavy atom. The molecule has 0 aliphatic rings. The lowest BCUT2D eigenvalue weighted by Crippen LogP contribution is -2.40. The second-order valence-corrected chi connectivity index (χ2v) is 4.20. The van der Waals surface area contributed by atoms with Crippen molar-refractivity contribution in [3.05, 3.63) is 29.6 Å². The lowest BCUT2D eigenvalue weighted by atomic mass is 10.2. The zero-order valence-electron chi connectivity index (χ0n) is 10.7. The third-order valence-corrected chi connectivity index (χ3v) is 2.64. The smallest absolute Gasteiger partial charge is 0.313 e. The van der Waals surface area contributed by atoms with Gasteiger partial charge in [0.2, 0.25) is 0 Å². The summed E-state index contributed by atoms with van der Waals surface area (Å²) in [6.07, 6.45) is 0.734. The van der Waals surface area contributed by atoms with Crippen molar-refractivity contribution in [3.63, 3.8) is 0 Å². The molecule has 1 aromatic carbocycles. The fraction of sp³-hybridized carbons (Fsp3) is 0.385. The molecule has 0 unspecified atom stereocenters. The first kappa shape index (κ1) is 14.2. The topological polar surface area (TPSA) is 58.2 Å². The van der Waals surface area contributed by atoms with Gasteiger partial charge in [-0.25, -0.2) is 4.39 Å². The number of halogens is 1. The number of hydrogen-bond donors (Lipinski definition) is 2. The van der Waals surface area contributed by atoms with E-state index < -0.39 is 17.6 Å². The van der Waals surface area contributed by atoms with Gasteiger partial charge in [0.1, 0.15) is 5.82 Å². The molecule has 5 heteroatoms. The van der Waals surface area contributed by atoms with Crippen molar-refractivity contribution in [2.45, 2.75) is 33.2 Å². The predicted octanol–water partition coefficient (Wildman–Crippen LogP) is 1.99. The van der Waals surface area contributed by atoms with Crippen LogP contribution in [0.4, 0.5) is 10.1 Å². The van der Waals surface area contributed by atoms with Gasteiger partial charge < -0.3 is 10.6 Å². The molecule has 1 aromatic rings. The minimum absolute atomic E-state index is 0.0724. The molecule has 0 aliphatic carbocycles. The summed E-state index contributed by atoms with van der Waals surface area (Å²) in [6.45, 7) is 5.43. The summed E-state index contributed by atoms with van der Waals surface area (Å²) in [6, 6.07) is 3.95. The molecule has 1 rings (SSSR count). The van der Waals surface area contributed by atoms with E-state index in [-0.39, 0.29) is 6.04 Å². The Bertz CT molecular complexity index is 460. The summed E-state index contributed by atoms with van der Waals surface area (Å²) >= 11 is 0. The monoisotopic (exact) mass is 252 g/mol. The van der Waals surface area contributed by atoms with Gasteiger partial charge >= 0.3 is 11.8 Å². The van der Waals surface area contributed by atoms with Crippen molar-refractivity contribution in [1.82, 2.24) is 5.32 Å². The highest BCUT2D eigenvalue weighted by molar-refractivity contribution is 6.39. The molecule has 98 valence electrons. The molecule has 2 amide bonds. The predicted molar refractivity (Wildman–Crippen MR) is 67.7 cm³/mol. The van der Waals surface area contributed by atoms with Gasteiger partial charge in [0.15, 0.2) is 0 Å². The first-order valence-electron chi connectivity index (χ1n) is 5.82. The molecule has 0 radical (unpaired) electrons. The molecule has 1 atom stereocenters. The number of rotatable bonds is 3. The standard InChI is InChI=1S/C13H17FN2O2/c1-4-9(3)15-12(17)13(18)16-11-7-10(14)6-5-8(11)2/h5-7,9H,4H2,1-3H3,(H,15,17)(H,16,18)/t9-/m0/s1. The van der Waals surface area contributed by atoms with Gasteiger partial charge in [-0.1, -0.05) is 13.0 Å². The van der Waals surface area contributed by atoms with Crippen LogP contribution in [0.5, 0.6) is 0 Å². The lowest BCUT2D eigenvalue weighted by molar-refractivity contribution is -0.136. The quantitative estimate of drug-likeness (QED) is 0.808. The Hall–Kier alpha value is -1.91. The van der Waals surface area contributed by atoms with Crippen molar-refractivity contribution < 1.29 is 14.0 Å². The van der Waals surface area contributed by atoms with Gasteiger partial charge in [-0.2, -0.15) is 0 Å². The highest BCUT2D eigenvalue weighted by atomic mass is 19.1. The van der Waals surface area contributed by atoms with Crippen LogP contribution in [0, 0.1) is 12.7 Å². The molecule has 0 heterocycles. The SMILES string of the molecule is CC[C@H](C)NC(=O)C(=O)Nc1cc(F)ccc1C. The molecule has 0 aliphatic heterocycles. The van der Waals surface area contributed by atoms with Crippen molar-refractivity contribution in [1.29, 1.82) is 0 Å². The van der Waals surface area contributed by atoms with Crippen molar-refractivity contribution in [3.8, 4) is 0 Å². The average molecular weight is 252 g/mol. The Balaban J connectivity index is 2.69. The normalized spacial score (nSPS) is 11.8. The molecule has 0 aromatic heterocycles. The number of hydrogen-bond acceptors (Lipinski definition) is 2. The van der Waals surface area contributed by atoms with E-state index in [1.807, 2.05) is 6.92 Å². The maximum absolute atomic E-state index is 13.0. The zero-order valence-corrected chi connectivity index (χ0v) is 10.7. The highest BCUT2D eigenvalue weighted by Crippen LogP contribution is 2.15. The minimum Gasteiger partial charge on any atom is -0.345 e. The molecule has 2 N–H and O–H groups in total. The van der Waals surface area contributed by atoms with Gasteiger partial charge in [0.25, 0.3) is 0 Å². The maximum atomic E-state index is 13.0. The molecule has 0 bridgehead atoms. The molecular formula is C13H17FN2O2. The minimum atomic E-state index is -0.788. The second kappa shape index (κ2) is 6.14. The van der Waals surface area contributed by atoms with E-state index in [2.05, 4.69) is 10.6 Å². The number of anilines is 1. The number of carbonyl (C=O) groups excluding carboxylic acids is 2. The lowest BCUT2D eigenvalue weighted by Gasteiger charge is -2.12. The molecular weight excluding hydrogens is 235 g/mol. The van der Waals surface area contributed by atoms with E-state index in [4.69, 9.17) is 0 Å². The van der Waals surface area contributed by atoms with E-state index in [9.17, 15) is 14.0 Å². The molecule has 0 spiro atoms. The van der Waals surface area contributed by atoms with Gasteiger partial charge in [-0.3, -0.25) is 9.59 Å². The largest absolute Gasteiger partial charge is 0.345 e. The molecule has 0 fully saturated rings. The summed E-state index contributed by atoms with van der Waals surface area (Å²) in [5.74, 6) is -1.96. The Kier molecular flexibility index (Phi) is 4.83. The summed E-state index contributed by atoms with van der Waals surface area (Å²) in [5.41, 5.74) is 1.00.